The van der Waals surface area contributed by atoms with Gasteiger partial charge in [-0.15, -0.1) is 0 Å². The van der Waals surface area contributed by atoms with Crippen molar-refractivity contribution in [1.29, 1.82) is 0 Å². The van der Waals surface area contributed by atoms with Crippen molar-refractivity contribution in [3.63, 3.8) is 0 Å². The fraction of sp³-hybridized carbons (Fsp3) is 0.417. The van der Waals surface area contributed by atoms with Crippen LogP contribution >= 0.6 is 0 Å². The molecule has 1 aromatic carbocycles. The number of hydrogen-bond acceptors (Lipinski definition) is 3. The van der Waals surface area contributed by atoms with E-state index in [-0.39, 0.29) is 12.1 Å². The molecule has 3 nitrogen and oxygen atoms in total. The van der Waals surface area contributed by atoms with E-state index in [4.69, 9.17) is 10.5 Å². The average molecular weight is 205 g/mol. The molecular weight excluding hydrogens is 190 g/mol. The molecule has 2 unspecified atom stereocenters. The van der Waals surface area contributed by atoms with E-state index in [1.54, 1.807) is 0 Å². The largest absolute Gasteiger partial charge is 0.456 e. The molecule has 2 N–H and O–H groups in total. The number of nitrogens with two attached hydrogens (primary N) is 1. The maximum atomic E-state index is 11.2. The normalized spacial score (nSPS) is 25.4. The monoisotopic (exact) mass is 205 g/mol. The molecule has 0 amide bonds. The minimum absolute atomic E-state index is 0.160. The van der Waals surface area contributed by atoms with Gasteiger partial charge in [-0.2, -0.15) is 0 Å². The van der Waals surface area contributed by atoms with Gasteiger partial charge in [-0.25, -0.2) is 0 Å². The number of carbonyl (C=O) groups is 1. The van der Waals surface area contributed by atoms with Crippen LogP contribution in [0.3, 0.4) is 0 Å². The highest BCUT2D eigenvalue weighted by Crippen LogP contribution is 2.31. The lowest BCUT2D eigenvalue weighted by Crippen LogP contribution is -2.24. The van der Waals surface area contributed by atoms with E-state index in [9.17, 15) is 4.79 Å². The number of carbonyl (C=O) groups excluding carboxylic acids is 1. The van der Waals surface area contributed by atoms with Gasteiger partial charge in [-0.3, -0.25) is 4.79 Å². The standard InChI is InChI=1S/C12H15NO2/c1-7-3-4-8(2)9(5-7)11-6-10(13)12(14)15-11/h3-5,10-11H,6,13H2,1-2H3. The minimum Gasteiger partial charge on any atom is -0.456 e. The van der Waals surface area contributed by atoms with Crippen molar-refractivity contribution in [2.45, 2.75) is 32.4 Å². The van der Waals surface area contributed by atoms with E-state index in [2.05, 4.69) is 12.1 Å². The number of esters is 1. The summed E-state index contributed by atoms with van der Waals surface area (Å²) in [6, 6.07) is 5.69. The van der Waals surface area contributed by atoms with Gasteiger partial charge in [0.25, 0.3) is 0 Å². The van der Waals surface area contributed by atoms with Crippen LogP contribution in [0.2, 0.25) is 0 Å². The van der Waals surface area contributed by atoms with Crippen molar-refractivity contribution in [2.24, 2.45) is 5.73 Å². The smallest absolute Gasteiger partial charge is 0.323 e. The van der Waals surface area contributed by atoms with E-state index in [0.717, 1.165) is 11.1 Å². The summed E-state index contributed by atoms with van der Waals surface area (Å²) in [5, 5.41) is 0. The van der Waals surface area contributed by atoms with E-state index >= 15 is 0 Å². The van der Waals surface area contributed by atoms with Crippen molar-refractivity contribution >= 4 is 5.97 Å². The van der Waals surface area contributed by atoms with Crippen LogP contribution in [0.15, 0.2) is 18.2 Å². The van der Waals surface area contributed by atoms with Gasteiger partial charge in [-0.05, 0) is 25.0 Å². The lowest BCUT2D eigenvalue weighted by Gasteiger charge is -2.13. The van der Waals surface area contributed by atoms with Gasteiger partial charge in [0.2, 0.25) is 0 Å². The first-order valence-corrected chi connectivity index (χ1v) is 5.11. The third-order valence-electron chi connectivity index (χ3n) is 2.81. The molecular formula is C12H15NO2. The lowest BCUT2D eigenvalue weighted by atomic mass is 9.98. The Kier molecular flexibility index (Phi) is 2.49. The first-order chi connectivity index (χ1) is 7.08. The van der Waals surface area contributed by atoms with Crippen molar-refractivity contribution in [2.75, 3.05) is 0 Å². The molecule has 80 valence electrons. The van der Waals surface area contributed by atoms with Crippen LogP contribution in [0.1, 0.15) is 29.2 Å². The Labute approximate surface area is 89.2 Å². The lowest BCUT2D eigenvalue weighted by molar-refractivity contribution is -0.142. The van der Waals surface area contributed by atoms with E-state index in [1.165, 1.54) is 5.56 Å². The number of benzene rings is 1. The topological polar surface area (TPSA) is 52.3 Å². The number of aryl methyl sites for hydroxylation is 2. The zero-order valence-corrected chi connectivity index (χ0v) is 8.99. The molecule has 3 heteroatoms. The molecule has 0 aromatic heterocycles. The molecule has 1 saturated heterocycles. The molecule has 0 spiro atoms. The summed E-state index contributed by atoms with van der Waals surface area (Å²) < 4.78 is 5.23. The Hall–Kier alpha value is -1.35. The second kappa shape index (κ2) is 3.66. The van der Waals surface area contributed by atoms with Crippen LogP contribution in [0.5, 0.6) is 0 Å². The maximum absolute atomic E-state index is 11.2. The average Bonchev–Trinajstić information content (AvgIpc) is 2.51. The minimum atomic E-state index is -0.463. The molecule has 1 aromatic rings. The maximum Gasteiger partial charge on any atom is 0.323 e. The van der Waals surface area contributed by atoms with Gasteiger partial charge in [0.15, 0.2) is 0 Å². The van der Waals surface area contributed by atoms with Gasteiger partial charge in [-0.1, -0.05) is 23.8 Å². The summed E-state index contributed by atoms with van der Waals surface area (Å²) in [4.78, 5) is 11.2. The molecule has 0 radical (unpaired) electrons. The number of ether oxygens (including phenoxy) is 1. The molecule has 2 rings (SSSR count). The second-order valence-electron chi connectivity index (χ2n) is 4.13. The SMILES string of the molecule is Cc1ccc(C)c(C2CC(N)C(=O)O2)c1. The zero-order valence-electron chi connectivity index (χ0n) is 8.99. The molecule has 1 heterocycles. The molecule has 2 atom stereocenters. The van der Waals surface area contributed by atoms with Gasteiger partial charge < -0.3 is 10.5 Å². The van der Waals surface area contributed by atoms with Crippen LogP contribution in [0, 0.1) is 13.8 Å². The summed E-state index contributed by atoms with van der Waals surface area (Å²) in [7, 11) is 0. The predicted octanol–water partition coefficient (Wildman–Crippen LogP) is 1.62. The summed E-state index contributed by atoms with van der Waals surface area (Å²) >= 11 is 0. The molecule has 15 heavy (non-hydrogen) atoms. The Morgan fingerprint density at radius 3 is 2.73 bits per heavy atom. The molecule has 1 fully saturated rings. The van der Waals surface area contributed by atoms with Crippen molar-refractivity contribution in [1.82, 2.24) is 0 Å². The predicted molar refractivity (Wildman–Crippen MR) is 57.3 cm³/mol. The Morgan fingerprint density at radius 1 is 1.40 bits per heavy atom. The third kappa shape index (κ3) is 1.88. The molecule has 1 aliphatic rings. The van der Waals surface area contributed by atoms with E-state index < -0.39 is 6.04 Å². The van der Waals surface area contributed by atoms with Gasteiger partial charge in [0.05, 0.1) is 0 Å². The molecule has 1 aliphatic heterocycles. The van der Waals surface area contributed by atoms with Crippen LogP contribution < -0.4 is 5.73 Å². The number of rotatable bonds is 1. The fourth-order valence-corrected chi connectivity index (χ4v) is 1.90. The number of cyclic esters (lactones) is 1. The first-order valence-electron chi connectivity index (χ1n) is 5.11. The van der Waals surface area contributed by atoms with E-state index in [1.807, 2.05) is 19.9 Å². The summed E-state index contributed by atoms with van der Waals surface area (Å²) in [6.07, 6.45) is 0.427. The molecule has 0 bridgehead atoms. The van der Waals surface area contributed by atoms with Gasteiger partial charge in [0.1, 0.15) is 12.1 Å². The quantitative estimate of drug-likeness (QED) is 0.709. The Morgan fingerprint density at radius 2 is 2.13 bits per heavy atom. The highest BCUT2D eigenvalue weighted by Gasteiger charge is 2.33. The first kappa shape index (κ1) is 10.2. The fourth-order valence-electron chi connectivity index (χ4n) is 1.90. The van der Waals surface area contributed by atoms with Gasteiger partial charge in [0, 0.05) is 6.42 Å². The van der Waals surface area contributed by atoms with Gasteiger partial charge >= 0.3 is 5.97 Å². The van der Waals surface area contributed by atoms with Crippen LogP contribution in [0.4, 0.5) is 0 Å². The van der Waals surface area contributed by atoms with Crippen molar-refractivity contribution in [3.8, 4) is 0 Å². The van der Waals surface area contributed by atoms with Crippen LogP contribution in [-0.4, -0.2) is 12.0 Å². The zero-order chi connectivity index (χ0) is 11.0. The summed E-state index contributed by atoms with van der Waals surface area (Å²) in [5.74, 6) is -0.291. The Bertz CT molecular complexity index is 401. The highest BCUT2D eigenvalue weighted by molar-refractivity contribution is 5.78. The second-order valence-corrected chi connectivity index (χ2v) is 4.13. The third-order valence-corrected chi connectivity index (χ3v) is 2.81. The summed E-state index contributed by atoms with van der Waals surface area (Å²) in [5.41, 5.74) is 9.02. The summed E-state index contributed by atoms with van der Waals surface area (Å²) in [6.45, 7) is 4.05. The molecule has 0 saturated carbocycles. The molecule has 0 aliphatic carbocycles. The Balaban J connectivity index is 2.30. The van der Waals surface area contributed by atoms with Crippen LogP contribution in [-0.2, 0) is 9.53 Å². The van der Waals surface area contributed by atoms with Crippen LogP contribution in [0.25, 0.3) is 0 Å². The van der Waals surface area contributed by atoms with Crippen molar-refractivity contribution in [3.05, 3.63) is 34.9 Å². The van der Waals surface area contributed by atoms with Crippen molar-refractivity contribution < 1.29 is 9.53 Å². The highest BCUT2D eigenvalue weighted by atomic mass is 16.6. The number of hydrogen-bond donors (Lipinski definition) is 1. The van der Waals surface area contributed by atoms with E-state index in [0.29, 0.717) is 6.42 Å².